The molecule has 0 spiro atoms. The van der Waals surface area contributed by atoms with Crippen LogP contribution in [0.15, 0.2) is 18.2 Å². The average Bonchev–Trinajstić information content (AvgIpc) is 2.65. The molecule has 132 valence electrons. The van der Waals surface area contributed by atoms with Crippen LogP contribution in [-0.4, -0.2) is 30.8 Å². The summed E-state index contributed by atoms with van der Waals surface area (Å²) in [6.07, 6.45) is 5.18. The van der Waals surface area contributed by atoms with Gasteiger partial charge in [0.1, 0.15) is 17.1 Å². The molecule has 0 bridgehead atoms. The molecule has 1 aromatic carbocycles. The van der Waals surface area contributed by atoms with Gasteiger partial charge < -0.3 is 9.47 Å². The average molecular weight is 351 g/mol. The van der Waals surface area contributed by atoms with Crippen molar-refractivity contribution in [2.45, 2.75) is 63.2 Å². The van der Waals surface area contributed by atoms with Crippen molar-refractivity contribution in [1.29, 1.82) is 0 Å². The maximum Gasteiger partial charge on any atom is 0.356 e. The van der Waals surface area contributed by atoms with Gasteiger partial charge in [-0.2, -0.15) is 0 Å². The first-order valence-corrected chi connectivity index (χ1v) is 10.1. The van der Waals surface area contributed by atoms with Gasteiger partial charge in [0.15, 0.2) is 5.66 Å². The summed E-state index contributed by atoms with van der Waals surface area (Å²) in [4.78, 5) is 13.6. The molecule has 2 atom stereocenters. The smallest absolute Gasteiger partial charge is 0.356 e. The first kappa shape index (κ1) is 18.9. The molecule has 0 aromatic heterocycles. The van der Waals surface area contributed by atoms with Crippen molar-refractivity contribution in [2.75, 3.05) is 14.2 Å². The molecule has 0 heterocycles. The van der Waals surface area contributed by atoms with Crippen LogP contribution in [0.25, 0.3) is 0 Å². The lowest BCUT2D eigenvalue weighted by atomic mass is 9.82. The number of ether oxygens (including phenoxy) is 2. The van der Waals surface area contributed by atoms with Gasteiger partial charge in [-0.1, -0.05) is 24.0 Å². The Morgan fingerprint density at radius 2 is 1.71 bits per heavy atom. The van der Waals surface area contributed by atoms with E-state index in [-0.39, 0.29) is 11.4 Å². The van der Waals surface area contributed by atoms with E-state index in [2.05, 4.69) is 0 Å². The first-order chi connectivity index (χ1) is 11.5. The zero-order valence-electron chi connectivity index (χ0n) is 15.1. The summed E-state index contributed by atoms with van der Waals surface area (Å²) in [6, 6.07) is 5.34. The molecular weight excluding hydrogens is 323 g/mol. The third kappa shape index (κ3) is 3.35. The van der Waals surface area contributed by atoms with Crippen LogP contribution in [0, 0.1) is 0 Å². The van der Waals surface area contributed by atoms with Crippen LogP contribution in [0.4, 0.5) is 0 Å². The summed E-state index contributed by atoms with van der Waals surface area (Å²) in [6.45, 7) is 4.02. The monoisotopic (exact) mass is 351 g/mol. The third-order valence-corrected chi connectivity index (χ3v) is 7.83. The predicted octanol–water partition coefficient (Wildman–Crippen LogP) is 5.22. The van der Waals surface area contributed by atoms with Crippen LogP contribution in [0.2, 0.25) is 0 Å². The highest BCUT2D eigenvalue weighted by Crippen LogP contribution is 2.55. The number of hydrogen-bond donors (Lipinski definition) is 0. The zero-order chi connectivity index (χ0) is 17.7. The number of carbonyl (C=O) groups excluding carboxylic acids is 1. The highest BCUT2D eigenvalue weighted by atomic mass is 31.1. The lowest BCUT2D eigenvalue weighted by Crippen LogP contribution is -2.39. The fourth-order valence-corrected chi connectivity index (χ4v) is 5.82. The van der Waals surface area contributed by atoms with Gasteiger partial charge in [0.25, 0.3) is 0 Å². The van der Waals surface area contributed by atoms with Gasteiger partial charge in [0.05, 0.1) is 14.2 Å². The van der Waals surface area contributed by atoms with Crippen LogP contribution in [0.1, 0.15) is 62.7 Å². The maximum absolute atomic E-state index is 13.6. The van der Waals surface area contributed by atoms with Crippen LogP contribution in [0.5, 0.6) is 11.5 Å². The van der Waals surface area contributed by atoms with Crippen LogP contribution < -0.4 is 9.47 Å². The van der Waals surface area contributed by atoms with Crippen molar-refractivity contribution in [1.82, 2.24) is 0 Å². The van der Waals surface area contributed by atoms with E-state index in [0.717, 1.165) is 25.7 Å². The standard InChI is InChI=1S/C19H28O4P/c1-5-14(2)24(21)19(12-7-6-8-13-19)18(20)17-15(22-3)10-9-11-16(17)23-4/h9-11,14H,5-8,12-13H2,1-4H3/q+1. The van der Waals surface area contributed by atoms with E-state index in [1.165, 1.54) is 0 Å². The molecule has 5 heteroatoms. The molecule has 0 aliphatic heterocycles. The molecule has 1 aromatic rings. The largest absolute Gasteiger partial charge is 0.496 e. The van der Waals surface area contributed by atoms with Gasteiger partial charge in [-0.05, 0) is 38.3 Å². The van der Waals surface area contributed by atoms with Gasteiger partial charge in [-0.3, -0.25) is 4.79 Å². The van der Waals surface area contributed by atoms with Gasteiger partial charge in [0, 0.05) is 12.8 Å². The molecule has 0 N–H and O–H groups in total. The molecule has 4 nitrogen and oxygen atoms in total. The second kappa shape index (κ2) is 8.11. The summed E-state index contributed by atoms with van der Waals surface area (Å²) in [5.41, 5.74) is 0.471. The number of hydrogen-bond acceptors (Lipinski definition) is 4. The second-order valence-corrected chi connectivity index (χ2v) is 8.93. The Morgan fingerprint density at radius 3 is 2.17 bits per heavy atom. The molecule has 1 aliphatic rings. The first-order valence-electron chi connectivity index (χ1n) is 8.74. The molecule has 2 rings (SSSR count). The van der Waals surface area contributed by atoms with Crippen molar-refractivity contribution in [3.63, 3.8) is 0 Å². The van der Waals surface area contributed by atoms with E-state index < -0.39 is 13.0 Å². The highest BCUT2D eigenvalue weighted by Gasteiger charge is 2.58. The predicted molar refractivity (Wildman–Crippen MR) is 97.1 cm³/mol. The Labute approximate surface area is 145 Å². The van der Waals surface area contributed by atoms with Gasteiger partial charge >= 0.3 is 7.80 Å². The van der Waals surface area contributed by atoms with Crippen molar-refractivity contribution < 1.29 is 18.8 Å². The molecule has 0 radical (unpaired) electrons. The van der Waals surface area contributed by atoms with E-state index in [0.29, 0.717) is 29.9 Å². The summed E-state index contributed by atoms with van der Waals surface area (Å²) in [5, 5.41) is -0.787. The van der Waals surface area contributed by atoms with Gasteiger partial charge in [-0.15, -0.1) is 0 Å². The number of methoxy groups -OCH3 is 2. The van der Waals surface area contributed by atoms with Crippen LogP contribution in [0.3, 0.4) is 0 Å². The molecule has 24 heavy (non-hydrogen) atoms. The molecule has 1 aliphatic carbocycles. The van der Waals surface area contributed by atoms with Crippen molar-refractivity contribution in [3.05, 3.63) is 23.8 Å². The molecular formula is C19H28O4P+. The van der Waals surface area contributed by atoms with Crippen molar-refractivity contribution in [3.8, 4) is 11.5 Å². The fraction of sp³-hybridized carbons (Fsp3) is 0.632. The third-order valence-electron chi connectivity index (χ3n) is 5.17. The Hall–Kier alpha value is -1.41. The Morgan fingerprint density at radius 1 is 1.17 bits per heavy atom. The van der Waals surface area contributed by atoms with Crippen molar-refractivity contribution >= 4 is 13.6 Å². The molecule has 0 amide bonds. The quantitative estimate of drug-likeness (QED) is 0.499. The number of benzene rings is 1. The van der Waals surface area contributed by atoms with Gasteiger partial charge in [0.2, 0.25) is 10.9 Å². The van der Waals surface area contributed by atoms with Crippen molar-refractivity contribution in [2.24, 2.45) is 0 Å². The molecule has 1 fully saturated rings. The minimum absolute atomic E-state index is 0.0303. The minimum atomic E-state index is -1.65. The zero-order valence-corrected chi connectivity index (χ0v) is 16.0. The molecule has 2 unspecified atom stereocenters. The normalized spacial score (nSPS) is 18.6. The second-order valence-electron chi connectivity index (χ2n) is 6.54. The number of ketones is 1. The SMILES string of the molecule is CCC(C)[P+](=O)C1(C(=O)c2c(OC)cccc2OC)CCCCC1. The van der Waals surface area contributed by atoms with Crippen LogP contribution in [-0.2, 0) is 4.57 Å². The van der Waals surface area contributed by atoms with Crippen LogP contribution >= 0.6 is 7.80 Å². The van der Waals surface area contributed by atoms with Gasteiger partial charge in [-0.25, -0.2) is 0 Å². The number of rotatable bonds is 7. The van der Waals surface area contributed by atoms with E-state index in [1.54, 1.807) is 32.4 Å². The fourth-order valence-electron chi connectivity index (χ4n) is 3.58. The Balaban J connectivity index is 2.56. The van der Waals surface area contributed by atoms with E-state index >= 15 is 0 Å². The topological polar surface area (TPSA) is 52.6 Å². The molecule has 1 saturated carbocycles. The number of carbonyl (C=O) groups is 1. The molecule has 0 saturated heterocycles. The summed E-state index contributed by atoms with van der Waals surface area (Å²) >= 11 is 0. The minimum Gasteiger partial charge on any atom is -0.496 e. The lowest BCUT2D eigenvalue weighted by molar-refractivity contribution is 0.0905. The van der Waals surface area contributed by atoms with E-state index in [9.17, 15) is 9.36 Å². The summed E-state index contributed by atoms with van der Waals surface area (Å²) in [5.74, 6) is 0.923. The Kier molecular flexibility index (Phi) is 6.40. The Bertz CT molecular complexity index is 583. The maximum atomic E-state index is 13.6. The highest BCUT2D eigenvalue weighted by molar-refractivity contribution is 7.48. The van der Waals surface area contributed by atoms with E-state index in [4.69, 9.17) is 9.47 Å². The summed E-state index contributed by atoms with van der Waals surface area (Å²) in [7, 11) is 1.45. The summed E-state index contributed by atoms with van der Waals surface area (Å²) < 4.78 is 24.1. The number of Topliss-reactive ketones (excluding diaryl/α,β-unsaturated/α-hetero) is 1. The lowest BCUT2D eigenvalue weighted by Gasteiger charge is -2.29. The van der Waals surface area contributed by atoms with E-state index in [1.807, 2.05) is 13.8 Å².